The maximum atomic E-state index is 10.6. The zero-order valence-corrected chi connectivity index (χ0v) is 8.68. The van der Waals surface area contributed by atoms with E-state index in [1.54, 1.807) is 13.8 Å². The number of hydrogen-bond donors (Lipinski definition) is 0. The van der Waals surface area contributed by atoms with Crippen LogP contribution in [0.5, 0.6) is 0 Å². The lowest BCUT2D eigenvalue weighted by Crippen LogP contribution is -2.36. The van der Waals surface area contributed by atoms with Crippen LogP contribution in [0.2, 0.25) is 0 Å². The molecule has 0 bridgehead atoms. The molecule has 0 spiro atoms. The Morgan fingerprint density at radius 2 is 1.67 bits per heavy atom. The van der Waals surface area contributed by atoms with Crippen LogP contribution in [0.25, 0.3) is 0 Å². The van der Waals surface area contributed by atoms with Crippen LogP contribution >= 0.6 is 0 Å². The van der Waals surface area contributed by atoms with E-state index < -0.39 is 5.54 Å². The fraction of sp³-hybridized carbons (Fsp3) is 1.00. The van der Waals surface area contributed by atoms with Crippen molar-refractivity contribution in [2.45, 2.75) is 53.0 Å². The van der Waals surface area contributed by atoms with Crippen LogP contribution < -0.4 is 0 Å². The highest BCUT2D eigenvalue weighted by atomic mass is 16.6. The predicted molar refractivity (Wildman–Crippen MR) is 49.8 cm³/mol. The number of hydrogen-bond acceptors (Lipinski definition) is 2. The third-order valence-electron chi connectivity index (χ3n) is 2.36. The van der Waals surface area contributed by atoms with E-state index in [0.29, 0.717) is 6.42 Å². The SMILES string of the molecule is CCC(C)(C)CC(C)(C)[N+](=O)[O-]. The third-order valence-corrected chi connectivity index (χ3v) is 2.36. The minimum Gasteiger partial charge on any atom is -0.264 e. The molecule has 0 radical (unpaired) electrons. The Labute approximate surface area is 74.3 Å². The molecule has 0 amide bonds. The second-order valence-electron chi connectivity index (χ2n) is 4.76. The number of nitro groups is 1. The maximum Gasteiger partial charge on any atom is 0.217 e. The van der Waals surface area contributed by atoms with Gasteiger partial charge in [-0.15, -0.1) is 0 Å². The van der Waals surface area contributed by atoms with Crippen LogP contribution in [0.1, 0.15) is 47.5 Å². The van der Waals surface area contributed by atoms with E-state index in [1.807, 2.05) is 0 Å². The summed E-state index contributed by atoms with van der Waals surface area (Å²) >= 11 is 0. The summed E-state index contributed by atoms with van der Waals surface area (Å²) in [4.78, 5) is 10.4. The largest absolute Gasteiger partial charge is 0.264 e. The van der Waals surface area contributed by atoms with Gasteiger partial charge in [-0.3, -0.25) is 10.1 Å². The molecule has 3 nitrogen and oxygen atoms in total. The highest BCUT2D eigenvalue weighted by Gasteiger charge is 2.36. The van der Waals surface area contributed by atoms with E-state index in [-0.39, 0.29) is 10.3 Å². The molecular formula is C9H19NO2. The monoisotopic (exact) mass is 173 g/mol. The van der Waals surface area contributed by atoms with Crippen molar-refractivity contribution < 1.29 is 4.92 Å². The summed E-state index contributed by atoms with van der Waals surface area (Å²) in [7, 11) is 0. The molecule has 0 aliphatic rings. The van der Waals surface area contributed by atoms with E-state index >= 15 is 0 Å². The molecule has 0 aromatic carbocycles. The molecule has 0 fully saturated rings. The Balaban J connectivity index is 4.34. The first-order valence-corrected chi connectivity index (χ1v) is 4.36. The van der Waals surface area contributed by atoms with Crippen molar-refractivity contribution in [1.82, 2.24) is 0 Å². The summed E-state index contributed by atoms with van der Waals surface area (Å²) in [6, 6.07) is 0. The average Bonchev–Trinajstić information content (AvgIpc) is 1.85. The van der Waals surface area contributed by atoms with Gasteiger partial charge in [-0.2, -0.15) is 0 Å². The molecule has 0 aliphatic heterocycles. The van der Waals surface area contributed by atoms with Gasteiger partial charge in [-0.05, 0) is 5.41 Å². The van der Waals surface area contributed by atoms with Gasteiger partial charge in [0.25, 0.3) is 0 Å². The zero-order chi connectivity index (χ0) is 9.99. The molecule has 0 saturated carbocycles. The van der Waals surface area contributed by atoms with Crippen molar-refractivity contribution >= 4 is 0 Å². The third kappa shape index (κ3) is 3.20. The highest BCUT2D eigenvalue weighted by Crippen LogP contribution is 2.32. The van der Waals surface area contributed by atoms with Crippen LogP contribution in [0.3, 0.4) is 0 Å². The first-order chi connectivity index (χ1) is 5.21. The Hall–Kier alpha value is -0.600. The summed E-state index contributed by atoms with van der Waals surface area (Å²) < 4.78 is 0. The Morgan fingerprint density at radius 1 is 1.25 bits per heavy atom. The quantitative estimate of drug-likeness (QED) is 0.484. The molecule has 0 aliphatic carbocycles. The standard InChI is InChI=1S/C9H19NO2/c1-6-8(2,3)7-9(4,5)10(11)12/h6-7H2,1-5H3. The van der Waals surface area contributed by atoms with Crippen molar-refractivity contribution in [3.63, 3.8) is 0 Å². The summed E-state index contributed by atoms with van der Waals surface area (Å²) in [5.74, 6) is 0. The average molecular weight is 173 g/mol. The van der Waals surface area contributed by atoms with Gasteiger partial charge in [-0.1, -0.05) is 27.2 Å². The predicted octanol–water partition coefficient (Wildman–Crippen LogP) is 2.87. The molecule has 12 heavy (non-hydrogen) atoms. The van der Waals surface area contributed by atoms with Crippen LogP contribution in [-0.4, -0.2) is 10.5 Å². The van der Waals surface area contributed by atoms with Crippen LogP contribution in [-0.2, 0) is 0 Å². The van der Waals surface area contributed by atoms with E-state index in [2.05, 4.69) is 20.8 Å². The lowest BCUT2D eigenvalue weighted by Gasteiger charge is -2.28. The highest BCUT2D eigenvalue weighted by molar-refractivity contribution is 4.77. The minimum atomic E-state index is -0.792. The van der Waals surface area contributed by atoms with E-state index in [0.717, 1.165) is 6.42 Å². The molecule has 0 N–H and O–H groups in total. The molecule has 0 atom stereocenters. The maximum absolute atomic E-state index is 10.6. The minimum absolute atomic E-state index is 0.0660. The molecule has 0 saturated heterocycles. The van der Waals surface area contributed by atoms with E-state index in [4.69, 9.17) is 0 Å². The lowest BCUT2D eigenvalue weighted by atomic mass is 9.78. The van der Waals surface area contributed by atoms with Gasteiger partial charge in [0.15, 0.2) is 0 Å². The normalized spacial score (nSPS) is 13.1. The van der Waals surface area contributed by atoms with E-state index in [1.165, 1.54) is 0 Å². The van der Waals surface area contributed by atoms with Gasteiger partial charge in [0, 0.05) is 25.2 Å². The van der Waals surface area contributed by atoms with Crippen molar-refractivity contribution in [2.75, 3.05) is 0 Å². The van der Waals surface area contributed by atoms with Gasteiger partial charge in [-0.25, -0.2) is 0 Å². The molecule has 0 aromatic heterocycles. The molecule has 0 heterocycles. The van der Waals surface area contributed by atoms with Gasteiger partial charge < -0.3 is 0 Å². The Kier molecular flexibility index (Phi) is 3.25. The second-order valence-corrected chi connectivity index (χ2v) is 4.76. The van der Waals surface area contributed by atoms with Crippen molar-refractivity contribution in [3.8, 4) is 0 Å². The fourth-order valence-corrected chi connectivity index (χ4v) is 1.36. The lowest BCUT2D eigenvalue weighted by molar-refractivity contribution is -0.564. The van der Waals surface area contributed by atoms with Crippen LogP contribution in [0, 0.1) is 15.5 Å². The molecule has 72 valence electrons. The van der Waals surface area contributed by atoms with Gasteiger partial charge in [0.2, 0.25) is 5.54 Å². The van der Waals surface area contributed by atoms with Gasteiger partial charge in [0.1, 0.15) is 0 Å². The first kappa shape index (κ1) is 11.4. The van der Waals surface area contributed by atoms with Crippen molar-refractivity contribution in [3.05, 3.63) is 10.1 Å². The summed E-state index contributed by atoms with van der Waals surface area (Å²) in [6.45, 7) is 9.57. The van der Waals surface area contributed by atoms with Gasteiger partial charge in [0.05, 0.1) is 0 Å². The molecular weight excluding hydrogens is 154 g/mol. The Morgan fingerprint density at radius 3 is 1.92 bits per heavy atom. The number of nitrogens with zero attached hydrogens (tertiary/aromatic N) is 1. The van der Waals surface area contributed by atoms with E-state index in [9.17, 15) is 10.1 Å². The second kappa shape index (κ2) is 3.42. The molecule has 0 rings (SSSR count). The van der Waals surface area contributed by atoms with Gasteiger partial charge >= 0.3 is 0 Å². The molecule has 0 aromatic rings. The summed E-state index contributed by atoms with van der Waals surface area (Å²) in [5.41, 5.74) is -0.726. The van der Waals surface area contributed by atoms with Crippen molar-refractivity contribution in [2.24, 2.45) is 5.41 Å². The first-order valence-electron chi connectivity index (χ1n) is 4.36. The molecule has 0 unspecified atom stereocenters. The zero-order valence-electron chi connectivity index (χ0n) is 8.68. The fourth-order valence-electron chi connectivity index (χ4n) is 1.36. The smallest absolute Gasteiger partial charge is 0.217 e. The van der Waals surface area contributed by atoms with Crippen molar-refractivity contribution in [1.29, 1.82) is 0 Å². The molecule has 3 heteroatoms. The summed E-state index contributed by atoms with van der Waals surface area (Å²) in [5, 5.41) is 10.6. The summed E-state index contributed by atoms with van der Waals surface area (Å²) in [6.07, 6.45) is 1.60. The van der Waals surface area contributed by atoms with Crippen LogP contribution in [0.4, 0.5) is 0 Å². The van der Waals surface area contributed by atoms with Crippen LogP contribution in [0.15, 0.2) is 0 Å². The Bertz CT molecular complexity index is 173. The number of rotatable bonds is 4. The topological polar surface area (TPSA) is 43.1 Å².